The summed E-state index contributed by atoms with van der Waals surface area (Å²) in [5.41, 5.74) is 2.32. The number of allylic oxidation sites excluding steroid dienone is 1. The predicted octanol–water partition coefficient (Wildman–Crippen LogP) is 4.34. The lowest BCUT2D eigenvalue weighted by atomic mass is 9.94. The Balaban J connectivity index is 1.84. The van der Waals surface area contributed by atoms with Gasteiger partial charge in [-0.2, -0.15) is 0 Å². The minimum absolute atomic E-state index is 0.138. The van der Waals surface area contributed by atoms with Crippen LogP contribution in [-0.2, 0) is 4.79 Å². The zero-order chi connectivity index (χ0) is 19.9. The van der Waals surface area contributed by atoms with Crippen LogP contribution in [0.4, 0.5) is 4.79 Å². The minimum atomic E-state index is -0.464. The second-order valence-electron chi connectivity index (χ2n) is 6.36. The van der Waals surface area contributed by atoms with Crippen LogP contribution in [0.25, 0.3) is 6.08 Å². The van der Waals surface area contributed by atoms with Crippen LogP contribution in [0.3, 0.4) is 0 Å². The van der Waals surface area contributed by atoms with E-state index in [4.69, 9.17) is 4.74 Å². The van der Waals surface area contributed by atoms with Crippen LogP contribution < -0.4 is 10.1 Å². The molecule has 0 saturated carbocycles. The first-order valence-corrected chi connectivity index (χ1v) is 9.41. The maximum absolute atomic E-state index is 12.9. The highest BCUT2D eigenvalue weighted by atomic mass is 16.5. The third kappa shape index (κ3) is 4.49. The fourth-order valence-electron chi connectivity index (χ4n) is 3.04. The smallest absolute Gasteiger partial charge is 0.322 e. The second kappa shape index (κ2) is 9.04. The Bertz CT molecular complexity index is 886. The Labute approximate surface area is 165 Å². The van der Waals surface area contributed by atoms with Crippen molar-refractivity contribution in [2.75, 3.05) is 13.2 Å². The lowest BCUT2D eigenvalue weighted by Gasteiger charge is -2.31. The first kappa shape index (κ1) is 19.4. The quantitative estimate of drug-likeness (QED) is 0.732. The van der Waals surface area contributed by atoms with E-state index >= 15 is 0 Å². The molecule has 2 amide bonds. The monoisotopic (exact) mass is 376 g/mol. The molecule has 0 spiro atoms. The number of urea groups is 1. The number of rotatable bonds is 7. The maximum atomic E-state index is 12.9. The predicted molar refractivity (Wildman–Crippen MR) is 110 cm³/mol. The highest BCUT2D eigenvalue weighted by Gasteiger charge is 2.30. The Morgan fingerprint density at radius 3 is 2.46 bits per heavy atom. The van der Waals surface area contributed by atoms with Crippen molar-refractivity contribution < 1.29 is 14.3 Å². The van der Waals surface area contributed by atoms with E-state index < -0.39 is 6.04 Å². The zero-order valence-electron chi connectivity index (χ0n) is 16.1. The van der Waals surface area contributed by atoms with Gasteiger partial charge >= 0.3 is 6.03 Å². The highest BCUT2D eigenvalue weighted by Crippen LogP contribution is 2.27. The van der Waals surface area contributed by atoms with E-state index in [0.29, 0.717) is 18.7 Å². The van der Waals surface area contributed by atoms with Gasteiger partial charge in [-0.15, -0.1) is 0 Å². The molecular weight excluding hydrogens is 352 g/mol. The molecule has 1 unspecified atom stereocenters. The van der Waals surface area contributed by atoms with E-state index in [1.807, 2.05) is 68.4 Å². The number of amides is 2. The summed E-state index contributed by atoms with van der Waals surface area (Å²) in [5.74, 6) is 0.660. The van der Waals surface area contributed by atoms with E-state index in [9.17, 15) is 9.59 Å². The van der Waals surface area contributed by atoms with Crippen molar-refractivity contribution in [1.29, 1.82) is 0 Å². The van der Waals surface area contributed by atoms with Crippen LogP contribution in [-0.4, -0.2) is 29.9 Å². The van der Waals surface area contributed by atoms with Crippen LogP contribution in [0, 0.1) is 0 Å². The van der Waals surface area contributed by atoms with Crippen molar-refractivity contribution in [1.82, 2.24) is 10.2 Å². The van der Waals surface area contributed by atoms with Crippen LogP contribution in [0.1, 0.15) is 31.0 Å². The Kier molecular flexibility index (Phi) is 6.27. The number of hydrogen-bond acceptors (Lipinski definition) is 3. The first-order chi connectivity index (χ1) is 13.6. The van der Waals surface area contributed by atoms with Gasteiger partial charge in [0.05, 0.1) is 12.6 Å². The molecule has 1 heterocycles. The Hall–Kier alpha value is -3.34. The molecule has 0 saturated heterocycles. The van der Waals surface area contributed by atoms with Gasteiger partial charge in [-0.3, -0.25) is 4.79 Å². The highest BCUT2D eigenvalue weighted by molar-refractivity contribution is 6.08. The lowest BCUT2D eigenvalue weighted by Crippen LogP contribution is -2.44. The van der Waals surface area contributed by atoms with Crippen molar-refractivity contribution in [2.24, 2.45) is 0 Å². The van der Waals surface area contributed by atoms with E-state index in [-0.39, 0.29) is 11.8 Å². The number of hydrogen-bond donors (Lipinski definition) is 1. The number of ketones is 1. The molecule has 1 atom stereocenters. The molecule has 0 aromatic heterocycles. The zero-order valence-corrected chi connectivity index (χ0v) is 16.1. The third-order valence-electron chi connectivity index (χ3n) is 4.51. The van der Waals surface area contributed by atoms with Crippen molar-refractivity contribution >= 4 is 17.9 Å². The molecule has 5 heteroatoms. The number of nitrogens with one attached hydrogen (secondary N) is 1. The number of carbonyl (C=O) groups excluding carboxylic acids is 2. The van der Waals surface area contributed by atoms with Gasteiger partial charge in [0.1, 0.15) is 5.75 Å². The molecule has 0 bridgehead atoms. The summed E-state index contributed by atoms with van der Waals surface area (Å²) in [7, 11) is 0. The summed E-state index contributed by atoms with van der Waals surface area (Å²) in [5, 5.41) is 2.93. The summed E-state index contributed by atoms with van der Waals surface area (Å²) in [6.07, 6.45) is 4.97. The largest absolute Gasteiger partial charge is 0.494 e. The third-order valence-corrected chi connectivity index (χ3v) is 4.51. The minimum Gasteiger partial charge on any atom is -0.494 e. The fourth-order valence-corrected chi connectivity index (χ4v) is 3.04. The van der Waals surface area contributed by atoms with Gasteiger partial charge in [-0.1, -0.05) is 48.5 Å². The van der Waals surface area contributed by atoms with Gasteiger partial charge in [-0.25, -0.2) is 4.79 Å². The Morgan fingerprint density at radius 2 is 1.82 bits per heavy atom. The summed E-state index contributed by atoms with van der Waals surface area (Å²) in [6, 6.07) is 16.4. The molecule has 144 valence electrons. The van der Waals surface area contributed by atoms with Crippen molar-refractivity contribution in [2.45, 2.75) is 19.9 Å². The van der Waals surface area contributed by atoms with Crippen molar-refractivity contribution in [3.63, 3.8) is 0 Å². The van der Waals surface area contributed by atoms with E-state index in [0.717, 1.165) is 16.9 Å². The Morgan fingerprint density at radius 1 is 1.11 bits per heavy atom. The molecule has 1 aliphatic rings. The van der Waals surface area contributed by atoms with Gasteiger partial charge in [0.15, 0.2) is 5.78 Å². The molecule has 0 radical (unpaired) electrons. The van der Waals surface area contributed by atoms with E-state index in [1.54, 1.807) is 18.4 Å². The van der Waals surface area contributed by atoms with E-state index in [2.05, 4.69) is 5.32 Å². The summed E-state index contributed by atoms with van der Waals surface area (Å²) in [6.45, 7) is 4.91. The lowest BCUT2D eigenvalue weighted by molar-refractivity contribution is -0.111. The molecule has 28 heavy (non-hydrogen) atoms. The number of carbonyl (C=O) groups is 2. The summed E-state index contributed by atoms with van der Waals surface area (Å²) in [4.78, 5) is 26.7. The van der Waals surface area contributed by atoms with E-state index in [1.165, 1.54) is 4.90 Å². The van der Waals surface area contributed by atoms with Gasteiger partial charge < -0.3 is 15.0 Å². The second-order valence-corrected chi connectivity index (χ2v) is 6.36. The molecule has 2 aromatic carbocycles. The van der Waals surface area contributed by atoms with Crippen LogP contribution in [0.5, 0.6) is 5.75 Å². The number of ether oxygens (including phenoxy) is 1. The molecule has 5 nitrogen and oxygen atoms in total. The van der Waals surface area contributed by atoms with Gasteiger partial charge in [0, 0.05) is 18.3 Å². The van der Waals surface area contributed by atoms with Crippen LogP contribution >= 0.6 is 0 Å². The van der Waals surface area contributed by atoms with Gasteiger partial charge in [0.2, 0.25) is 0 Å². The SMILES string of the molecule is CCOc1ccc(/C=C/C(=O)C2=CN(CC)C(=O)NC2c2ccccc2)cc1. The number of benzene rings is 2. The molecule has 1 aliphatic heterocycles. The number of nitrogens with zero attached hydrogens (tertiary/aromatic N) is 1. The molecule has 1 N–H and O–H groups in total. The van der Waals surface area contributed by atoms with Crippen molar-refractivity contribution in [3.8, 4) is 5.75 Å². The van der Waals surface area contributed by atoms with Gasteiger partial charge in [0.25, 0.3) is 0 Å². The van der Waals surface area contributed by atoms with Crippen molar-refractivity contribution in [3.05, 3.63) is 83.6 Å². The normalized spacial score (nSPS) is 16.6. The molecule has 3 rings (SSSR count). The summed E-state index contributed by atoms with van der Waals surface area (Å²) < 4.78 is 5.43. The molecule has 2 aromatic rings. The molecule has 0 fully saturated rings. The fraction of sp³-hybridized carbons (Fsp3) is 0.217. The molecule has 0 aliphatic carbocycles. The average Bonchev–Trinajstić information content (AvgIpc) is 2.73. The van der Waals surface area contributed by atoms with Gasteiger partial charge in [-0.05, 0) is 43.2 Å². The standard InChI is InChI=1S/C23H24N2O3/c1-3-25-16-20(22(24-23(25)27)18-8-6-5-7-9-18)21(26)15-12-17-10-13-19(14-11-17)28-4-2/h5-16,22H,3-4H2,1-2H3,(H,24,27)/b15-12+. The van der Waals surface area contributed by atoms with Crippen LogP contribution in [0.2, 0.25) is 0 Å². The topological polar surface area (TPSA) is 58.6 Å². The molecular formula is C23H24N2O3. The average molecular weight is 376 g/mol. The first-order valence-electron chi connectivity index (χ1n) is 9.41. The van der Waals surface area contributed by atoms with Crippen LogP contribution in [0.15, 0.2) is 72.4 Å². The summed E-state index contributed by atoms with van der Waals surface area (Å²) >= 11 is 0. The maximum Gasteiger partial charge on any atom is 0.322 e.